The Balaban J connectivity index is 1.94. The molecule has 1 amide bonds. The molecule has 2 rings (SSSR count). The molecular weight excluding hydrogens is 164 g/mol. The molecule has 0 aromatic rings. The summed E-state index contributed by atoms with van der Waals surface area (Å²) in [4.78, 5) is 13.8. The first-order valence-corrected chi connectivity index (χ1v) is 5.24. The number of amides is 1. The fourth-order valence-corrected chi connectivity index (χ4v) is 2.10. The number of likely N-dealkylation sites (tertiary alicyclic amines) is 1. The van der Waals surface area contributed by atoms with Crippen LogP contribution in [0, 0.1) is 5.92 Å². The zero-order chi connectivity index (χ0) is 9.42. The van der Waals surface area contributed by atoms with Gasteiger partial charge in [-0.15, -0.1) is 0 Å². The van der Waals surface area contributed by atoms with Gasteiger partial charge in [-0.25, -0.2) is 0 Å². The van der Waals surface area contributed by atoms with Gasteiger partial charge in [0, 0.05) is 24.5 Å². The first-order chi connectivity index (χ1) is 6.18. The van der Waals surface area contributed by atoms with Gasteiger partial charge in [0.05, 0.1) is 0 Å². The highest BCUT2D eigenvalue weighted by atomic mass is 16.2. The average Bonchev–Trinajstić information content (AvgIpc) is 2.85. The molecule has 1 heterocycles. The number of nitrogens with two attached hydrogens (primary N) is 1. The Morgan fingerprint density at radius 1 is 1.38 bits per heavy atom. The minimum atomic E-state index is 0.304. The van der Waals surface area contributed by atoms with Crippen LogP contribution in [0.4, 0.5) is 0 Å². The molecule has 2 N–H and O–H groups in total. The average molecular weight is 182 g/mol. The van der Waals surface area contributed by atoms with Crippen molar-refractivity contribution >= 4 is 5.91 Å². The molecule has 0 radical (unpaired) electrons. The fraction of sp³-hybridized carbons (Fsp3) is 0.900. The van der Waals surface area contributed by atoms with E-state index in [2.05, 4.69) is 6.92 Å². The Hall–Kier alpha value is -0.570. The highest BCUT2D eigenvalue weighted by Crippen LogP contribution is 2.33. The predicted octanol–water partition coefficient (Wildman–Crippen LogP) is 0.735. The van der Waals surface area contributed by atoms with E-state index in [-0.39, 0.29) is 0 Å². The van der Waals surface area contributed by atoms with E-state index in [0.717, 1.165) is 32.2 Å². The van der Waals surface area contributed by atoms with E-state index in [4.69, 9.17) is 5.73 Å². The summed E-state index contributed by atoms with van der Waals surface area (Å²) in [6, 6.07) is 0.662. The molecule has 13 heavy (non-hydrogen) atoms. The van der Waals surface area contributed by atoms with Crippen LogP contribution in [0.5, 0.6) is 0 Å². The van der Waals surface area contributed by atoms with E-state index < -0.39 is 0 Å². The van der Waals surface area contributed by atoms with Gasteiger partial charge in [-0.2, -0.15) is 0 Å². The van der Waals surface area contributed by atoms with E-state index in [1.165, 1.54) is 0 Å². The van der Waals surface area contributed by atoms with Gasteiger partial charge in [-0.1, -0.05) is 0 Å². The SMILES string of the molecule is CC1CC(N)CCN1C(=O)C1CC1. The second-order valence-corrected chi connectivity index (χ2v) is 4.44. The van der Waals surface area contributed by atoms with Crippen molar-refractivity contribution in [2.75, 3.05) is 6.54 Å². The molecule has 2 fully saturated rings. The van der Waals surface area contributed by atoms with Gasteiger partial charge in [0.2, 0.25) is 5.91 Å². The second-order valence-electron chi connectivity index (χ2n) is 4.44. The summed E-state index contributed by atoms with van der Waals surface area (Å²) in [6.45, 7) is 2.98. The molecule has 0 aromatic heterocycles. The fourth-order valence-electron chi connectivity index (χ4n) is 2.10. The zero-order valence-corrected chi connectivity index (χ0v) is 8.20. The summed E-state index contributed by atoms with van der Waals surface area (Å²) >= 11 is 0. The van der Waals surface area contributed by atoms with E-state index in [1.807, 2.05) is 4.90 Å². The lowest BCUT2D eigenvalue weighted by molar-refractivity contribution is -0.136. The first kappa shape index (κ1) is 9.00. The molecule has 1 saturated heterocycles. The number of hydrogen-bond donors (Lipinski definition) is 1. The Bertz CT molecular complexity index is 213. The number of hydrogen-bond acceptors (Lipinski definition) is 2. The minimum absolute atomic E-state index is 0.304. The first-order valence-electron chi connectivity index (χ1n) is 5.24. The highest BCUT2D eigenvalue weighted by molar-refractivity contribution is 5.81. The Morgan fingerprint density at radius 2 is 2.08 bits per heavy atom. The van der Waals surface area contributed by atoms with Crippen LogP contribution in [-0.4, -0.2) is 29.4 Å². The van der Waals surface area contributed by atoms with Crippen molar-refractivity contribution in [3.8, 4) is 0 Å². The summed E-state index contributed by atoms with van der Waals surface area (Å²) < 4.78 is 0. The lowest BCUT2D eigenvalue weighted by atomic mass is 9.99. The predicted molar refractivity (Wildman–Crippen MR) is 51.1 cm³/mol. The van der Waals surface area contributed by atoms with Crippen LogP contribution in [0.3, 0.4) is 0 Å². The van der Waals surface area contributed by atoms with Crippen molar-refractivity contribution in [2.45, 2.75) is 44.7 Å². The smallest absolute Gasteiger partial charge is 0.225 e. The number of carbonyl (C=O) groups excluding carboxylic acids is 1. The molecule has 0 bridgehead atoms. The Labute approximate surface area is 79.3 Å². The standard InChI is InChI=1S/C10H18N2O/c1-7-6-9(11)4-5-12(7)10(13)8-2-3-8/h7-9H,2-6,11H2,1H3. The molecule has 2 atom stereocenters. The van der Waals surface area contributed by atoms with Crippen LogP contribution in [0.15, 0.2) is 0 Å². The number of carbonyl (C=O) groups is 1. The molecule has 3 heteroatoms. The molecule has 1 aliphatic heterocycles. The van der Waals surface area contributed by atoms with Crippen LogP contribution >= 0.6 is 0 Å². The quantitative estimate of drug-likeness (QED) is 0.650. The van der Waals surface area contributed by atoms with E-state index in [1.54, 1.807) is 0 Å². The minimum Gasteiger partial charge on any atom is -0.340 e. The summed E-state index contributed by atoms with van der Waals surface area (Å²) in [5, 5.41) is 0. The summed E-state index contributed by atoms with van der Waals surface area (Å²) in [6.07, 6.45) is 4.16. The molecule has 3 nitrogen and oxygen atoms in total. The molecular formula is C10H18N2O. The van der Waals surface area contributed by atoms with Crippen LogP contribution in [-0.2, 0) is 4.79 Å². The van der Waals surface area contributed by atoms with Crippen molar-refractivity contribution in [2.24, 2.45) is 11.7 Å². The summed E-state index contributed by atoms with van der Waals surface area (Å²) in [5.41, 5.74) is 5.84. The third kappa shape index (κ3) is 1.85. The molecule has 74 valence electrons. The Morgan fingerprint density at radius 3 is 2.62 bits per heavy atom. The van der Waals surface area contributed by atoms with Crippen LogP contribution in [0.2, 0.25) is 0 Å². The zero-order valence-electron chi connectivity index (χ0n) is 8.20. The van der Waals surface area contributed by atoms with E-state index >= 15 is 0 Å². The van der Waals surface area contributed by atoms with Crippen molar-refractivity contribution in [1.82, 2.24) is 4.90 Å². The molecule has 0 aromatic carbocycles. The van der Waals surface area contributed by atoms with Gasteiger partial charge in [0.15, 0.2) is 0 Å². The van der Waals surface area contributed by atoms with E-state index in [0.29, 0.717) is 23.9 Å². The van der Waals surface area contributed by atoms with Gasteiger partial charge in [-0.3, -0.25) is 4.79 Å². The third-order valence-corrected chi connectivity index (χ3v) is 3.13. The van der Waals surface area contributed by atoms with Crippen molar-refractivity contribution in [1.29, 1.82) is 0 Å². The molecule has 1 aliphatic carbocycles. The molecule has 2 aliphatic rings. The van der Waals surface area contributed by atoms with Gasteiger partial charge < -0.3 is 10.6 Å². The third-order valence-electron chi connectivity index (χ3n) is 3.13. The maximum atomic E-state index is 11.8. The topological polar surface area (TPSA) is 46.3 Å². The molecule has 2 unspecified atom stereocenters. The lowest BCUT2D eigenvalue weighted by Crippen LogP contribution is -2.48. The van der Waals surface area contributed by atoms with Crippen molar-refractivity contribution in [3.63, 3.8) is 0 Å². The maximum Gasteiger partial charge on any atom is 0.225 e. The number of nitrogens with zero attached hydrogens (tertiary/aromatic N) is 1. The normalized spacial score (nSPS) is 34.8. The highest BCUT2D eigenvalue weighted by Gasteiger charge is 2.36. The van der Waals surface area contributed by atoms with Gasteiger partial charge in [-0.05, 0) is 32.6 Å². The van der Waals surface area contributed by atoms with Gasteiger partial charge >= 0.3 is 0 Å². The van der Waals surface area contributed by atoms with Crippen LogP contribution in [0.25, 0.3) is 0 Å². The molecule has 1 saturated carbocycles. The van der Waals surface area contributed by atoms with Gasteiger partial charge in [0.25, 0.3) is 0 Å². The Kier molecular flexibility index (Phi) is 2.28. The maximum absolute atomic E-state index is 11.8. The largest absolute Gasteiger partial charge is 0.340 e. The number of piperidine rings is 1. The number of rotatable bonds is 1. The lowest BCUT2D eigenvalue weighted by Gasteiger charge is -2.36. The second kappa shape index (κ2) is 3.29. The monoisotopic (exact) mass is 182 g/mol. The summed E-state index contributed by atoms with van der Waals surface area (Å²) in [5.74, 6) is 0.733. The van der Waals surface area contributed by atoms with Crippen LogP contribution in [0.1, 0.15) is 32.6 Å². The van der Waals surface area contributed by atoms with E-state index in [9.17, 15) is 4.79 Å². The summed E-state index contributed by atoms with van der Waals surface area (Å²) in [7, 11) is 0. The van der Waals surface area contributed by atoms with Crippen molar-refractivity contribution < 1.29 is 4.79 Å². The van der Waals surface area contributed by atoms with Gasteiger partial charge in [0.1, 0.15) is 0 Å². The van der Waals surface area contributed by atoms with Crippen molar-refractivity contribution in [3.05, 3.63) is 0 Å². The van der Waals surface area contributed by atoms with Crippen LogP contribution < -0.4 is 5.73 Å². The molecule has 0 spiro atoms.